The molecule has 2 aromatic carbocycles. The topological polar surface area (TPSA) is 112 Å². The highest BCUT2D eigenvalue weighted by Crippen LogP contribution is 2.30. The van der Waals surface area contributed by atoms with Gasteiger partial charge in [0.15, 0.2) is 5.65 Å². The number of fused-ring (bicyclic) bond motifs is 1. The highest BCUT2D eigenvalue weighted by Gasteiger charge is 2.24. The zero-order chi connectivity index (χ0) is 25.4. The fraction of sp³-hybridized carbons (Fsp3) is 0.321. The Balaban J connectivity index is 1.57. The molecule has 4 N–H and O–H groups in total. The summed E-state index contributed by atoms with van der Waals surface area (Å²) < 4.78 is 1.79. The zero-order valence-electron chi connectivity index (χ0n) is 20.7. The third-order valence-corrected chi connectivity index (χ3v) is 6.29. The van der Waals surface area contributed by atoms with E-state index in [2.05, 4.69) is 15.6 Å². The molecule has 1 aliphatic rings. The Morgan fingerprint density at radius 2 is 1.83 bits per heavy atom. The zero-order valence-corrected chi connectivity index (χ0v) is 20.7. The quantitative estimate of drug-likeness (QED) is 0.301. The smallest absolute Gasteiger partial charge is 0.251 e. The molecular weight excluding hydrogens is 454 g/mol. The predicted molar refractivity (Wildman–Crippen MR) is 140 cm³/mol. The third-order valence-electron chi connectivity index (χ3n) is 6.29. The molecule has 0 spiro atoms. The van der Waals surface area contributed by atoms with Crippen molar-refractivity contribution in [2.45, 2.75) is 51.9 Å². The molecule has 0 radical (unpaired) electrons. The molecule has 8 nitrogen and oxygen atoms in total. The molecule has 0 aliphatic heterocycles. The number of anilines is 1. The number of nitrogens with zero attached hydrogens (tertiary/aromatic N) is 3. The Morgan fingerprint density at radius 1 is 1.11 bits per heavy atom. The van der Waals surface area contributed by atoms with Gasteiger partial charge in [-0.05, 0) is 62.9 Å². The van der Waals surface area contributed by atoms with Crippen LogP contribution in [0.1, 0.15) is 48.2 Å². The van der Waals surface area contributed by atoms with E-state index in [1.54, 1.807) is 24.6 Å². The minimum atomic E-state index is -0.910. The average molecular weight is 486 g/mol. The number of benzene rings is 2. The number of aryl methyl sites for hydroxylation is 1. The summed E-state index contributed by atoms with van der Waals surface area (Å²) in [5.41, 5.74) is 6.16. The van der Waals surface area contributed by atoms with Gasteiger partial charge in [0.1, 0.15) is 0 Å². The van der Waals surface area contributed by atoms with Gasteiger partial charge in [-0.1, -0.05) is 30.3 Å². The normalized spacial score (nSPS) is 13.7. The highest BCUT2D eigenvalue weighted by atomic mass is 16.3. The molecule has 36 heavy (non-hydrogen) atoms. The first-order valence-electron chi connectivity index (χ1n) is 12.2. The van der Waals surface area contributed by atoms with E-state index in [0.717, 1.165) is 52.2 Å². The van der Waals surface area contributed by atoms with E-state index in [-0.39, 0.29) is 12.5 Å². The number of amides is 1. The van der Waals surface area contributed by atoms with Crippen LogP contribution in [0.3, 0.4) is 0 Å². The Hall–Kier alpha value is -3.75. The van der Waals surface area contributed by atoms with Crippen molar-refractivity contribution in [3.8, 4) is 22.5 Å². The molecule has 8 heteroatoms. The summed E-state index contributed by atoms with van der Waals surface area (Å²) in [5, 5.41) is 30.9. The van der Waals surface area contributed by atoms with Crippen LogP contribution in [0.15, 0.2) is 54.7 Å². The van der Waals surface area contributed by atoms with Gasteiger partial charge < -0.3 is 20.8 Å². The van der Waals surface area contributed by atoms with Gasteiger partial charge in [-0.3, -0.25) is 4.79 Å². The Labute approximate surface area is 210 Å². The highest BCUT2D eigenvalue weighted by molar-refractivity contribution is 5.96. The van der Waals surface area contributed by atoms with Crippen molar-refractivity contribution >= 4 is 17.2 Å². The van der Waals surface area contributed by atoms with Gasteiger partial charge in [-0.2, -0.15) is 5.10 Å². The third kappa shape index (κ3) is 5.10. The van der Waals surface area contributed by atoms with Crippen LogP contribution < -0.4 is 10.6 Å². The van der Waals surface area contributed by atoms with Gasteiger partial charge in [-0.25, -0.2) is 9.50 Å². The summed E-state index contributed by atoms with van der Waals surface area (Å²) in [5.74, 6) is -0.0375. The fourth-order valence-corrected chi connectivity index (χ4v) is 4.10. The van der Waals surface area contributed by atoms with Crippen molar-refractivity contribution in [2.24, 2.45) is 0 Å². The van der Waals surface area contributed by atoms with Gasteiger partial charge in [0.2, 0.25) is 0 Å². The molecule has 1 fully saturated rings. The molecule has 186 valence electrons. The second-order valence-corrected chi connectivity index (χ2v) is 10.1. The van der Waals surface area contributed by atoms with Crippen molar-refractivity contribution in [2.75, 3.05) is 11.9 Å². The maximum atomic E-state index is 12.6. The van der Waals surface area contributed by atoms with Crippen LogP contribution in [0.4, 0.5) is 5.69 Å². The van der Waals surface area contributed by atoms with Crippen molar-refractivity contribution in [1.29, 1.82) is 0 Å². The second-order valence-electron chi connectivity index (χ2n) is 10.1. The molecule has 2 heterocycles. The summed E-state index contributed by atoms with van der Waals surface area (Å²) in [6.07, 6.45) is 3.87. The van der Waals surface area contributed by atoms with Crippen LogP contribution in [0.5, 0.6) is 0 Å². The first-order valence-corrected chi connectivity index (χ1v) is 12.2. The number of hydrogen-bond donors (Lipinski definition) is 4. The number of rotatable bonds is 8. The SMILES string of the molecule is Cc1cc(-c2cnc3c(NCC(C)(C)O)cc(-c4ccc(CO)cc4)nn23)ccc1C(=O)NC1CC1. The molecule has 1 amide bonds. The number of carbonyl (C=O) groups excluding carboxylic acids is 1. The minimum absolute atomic E-state index is 0.0230. The fourth-order valence-electron chi connectivity index (χ4n) is 4.10. The lowest BCUT2D eigenvalue weighted by Gasteiger charge is -2.19. The van der Waals surface area contributed by atoms with Crippen molar-refractivity contribution < 1.29 is 15.0 Å². The second kappa shape index (κ2) is 9.37. The van der Waals surface area contributed by atoms with Crippen LogP contribution >= 0.6 is 0 Å². The van der Waals surface area contributed by atoms with E-state index in [4.69, 9.17) is 5.10 Å². The molecule has 0 saturated heterocycles. The first-order chi connectivity index (χ1) is 17.2. The van der Waals surface area contributed by atoms with Gasteiger partial charge in [-0.15, -0.1) is 0 Å². The van der Waals surface area contributed by atoms with E-state index in [0.29, 0.717) is 23.8 Å². The maximum Gasteiger partial charge on any atom is 0.251 e. The summed E-state index contributed by atoms with van der Waals surface area (Å²) in [7, 11) is 0. The lowest BCUT2D eigenvalue weighted by Crippen LogP contribution is -2.29. The Kier molecular flexibility index (Phi) is 6.24. The summed E-state index contributed by atoms with van der Waals surface area (Å²) in [6, 6.07) is 15.6. The maximum absolute atomic E-state index is 12.6. The molecule has 4 aromatic rings. The number of imidazole rings is 1. The number of aliphatic hydroxyl groups excluding tert-OH is 1. The number of nitrogens with one attached hydrogen (secondary N) is 2. The van der Waals surface area contributed by atoms with Crippen molar-refractivity contribution in [3.63, 3.8) is 0 Å². The largest absolute Gasteiger partial charge is 0.392 e. The average Bonchev–Trinajstić information content (AvgIpc) is 3.56. The summed E-state index contributed by atoms with van der Waals surface area (Å²) >= 11 is 0. The molecule has 5 rings (SSSR count). The number of aromatic nitrogens is 3. The van der Waals surface area contributed by atoms with Gasteiger partial charge in [0, 0.05) is 29.3 Å². The van der Waals surface area contributed by atoms with E-state index in [1.807, 2.05) is 55.5 Å². The van der Waals surface area contributed by atoms with Crippen LogP contribution in [-0.2, 0) is 6.61 Å². The van der Waals surface area contributed by atoms with Gasteiger partial charge >= 0.3 is 0 Å². The van der Waals surface area contributed by atoms with Crippen LogP contribution in [-0.4, -0.2) is 48.9 Å². The molecule has 0 unspecified atom stereocenters. The molecule has 2 aromatic heterocycles. The Morgan fingerprint density at radius 3 is 2.47 bits per heavy atom. The lowest BCUT2D eigenvalue weighted by molar-refractivity contribution is 0.0940. The van der Waals surface area contributed by atoms with E-state index >= 15 is 0 Å². The number of aliphatic hydroxyl groups is 2. The van der Waals surface area contributed by atoms with E-state index in [1.165, 1.54) is 0 Å². The van der Waals surface area contributed by atoms with Crippen LogP contribution in [0.25, 0.3) is 28.2 Å². The first kappa shape index (κ1) is 24.0. The molecule has 1 saturated carbocycles. The minimum Gasteiger partial charge on any atom is -0.392 e. The van der Waals surface area contributed by atoms with E-state index < -0.39 is 5.60 Å². The predicted octanol–water partition coefficient (Wildman–Crippen LogP) is 3.94. The number of hydrogen-bond acceptors (Lipinski definition) is 6. The summed E-state index contributed by atoms with van der Waals surface area (Å²) in [6.45, 7) is 5.74. The lowest BCUT2D eigenvalue weighted by atomic mass is 10.0. The van der Waals surface area contributed by atoms with Crippen molar-refractivity contribution in [1.82, 2.24) is 19.9 Å². The molecular formula is C28H31N5O3. The van der Waals surface area contributed by atoms with Gasteiger partial charge in [0.25, 0.3) is 5.91 Å². The monoisotopic (exact) mass is 485 g/mol. The standard InChI is InChI=1S/C28H31N5O3/c1-17-12-20(8-11-22(17)27(35)31-21-9-10-21)25-14-29-26-24(30-16-28(2,3)36)13-23(32-33(25)26)19-6-4-18(15-34)5-7-19/h4-8,11-14,21,30,34,36H,9-10,15-16H2,1-3H3,(H,31,35). The Bertz CT molecular complexity index is 1420. The van der Waals surface area contributed by atoms with Gasteiger partial charge in [0.05, 0.1) is 35.5 Å². The summed E-state index contributed by atoms with van der Waals surface area (Å²) in [4.78, 5) is 17.2. The molecule has 0 bridgehead atoms. The molecule has 0 atom stereocenters. The van der Waals surface area contributed by atoms with Crippen LogP contribution in [0, 0.1) is 6.92 Å². The van der Waals surface area contributed by atoms with E-state index in [9.17, 15) is 15.0 Å². The molecule has 1 aliphatic carbocycles. The number of carbonyl (C=O) groups is 1. The van der Waals surface area contributed by atoms with Crippen LogP contribution in [0.2, 0.25) is 0 Å². The van der Waals surface area contributed by atoms with Crippen molar-refractivity contribution in [3.05, 3.63) is 71.4 Å².